The zero-order chi connectivity index (χ0) is 24.0. The van der Waals surface area contributed by atoms with E-state index in [4.69, 9.17) is 11.6 Å². The first kappa shape index (κ1) is 23.3. The molecule has 8 nitrogen and oxygen atoms in total. The van der Waals surface area contributed by atoms with E-state index in [1.165, 1.54) is 26.2 Å². The van der Waals surface area contributed by atoms with Gasteiger partial charge in [-0.15, -0.1) is 0 Å². The number of benzene rings is 2. The summed E-state index contributed by atoms with van der Waals surface area (Å²) in [5.41, 5.74) is -0.523. The first-order valence-electron chi connectivity index (χ1n) is 10.4. The predicted octanol–water partition coefficient (Wildman–Crippen LogP) is 3.21. The Labute approximate surface area is 196 Å². The van der Waals surface area contributed by atoms with Crippen molar-refractivity contribution in [1.82, 2.24) is 4.31 Å². The van der Waals surface area contributed by atoms with Crippen LogP contribution in [-0.2, 0) is 16.4 Å². The van der Waals surface area contributed by atoms with Gasteiger partial charge in [0.05, 0.1) is 10.7 Å². The summed E-state index contributed by atoms with van der Waals surface area (Å²) >= 11 is 6.05. The third-order valence-electron chi connectivity index (χ3n) is 6.08. The summed E-state index contributed by atoms with van der Waals surface area (Å²) in [7, 11) is -1.43. The Bertz CT molecular complexity index is 1380. The largest absolute Gasteiger partial charge is 0.504 e. The topological polar surface area (TPSA) is 116 Å². The molecule has 3 N–H and O–H groups in total. The minimum absolute atomic E-state index is 0.00911. The highest BCUT2D eigenvalue weighted by molar-refractivity contribution is 7.89. The van der Waals surface area contributed by atoms with Crippen molar-refractivity contribution in [3.63, 3.8) is 0 Å². The minimum Gasteiger partial charge on any atom is -0.504 e. The van der Waals surface area contributed by atoms with Crippen molar-refractivity contribution < 1.29 is 13.5 Å². The van der Waals surface area contributed by atoms with E-state index in [2.05, 4.69) is 10.6 Å². The Morgan fingerprint density at radius 1 is 1.03 bits per heavy atom. The number of phenols is 1. The molecule has 1 saturated carbocycles. The van der Waals surface area contributed by atoms with Crippen LogP contribution in [-0.4, -0.2) is 37.5 Å². The molecule has 174 valence electrons. The molecule has 1 aliphatic rings. The van der Waals surface area contributed by atoms with Gasteiger partial charge < -0.3 is 15.7 Å². The number of hydrogen-bond donors (Lipinski definition) is 3. The zero-order valence-corrected chi connectivity index (χ0v) is 19.8. The highest BCUT2D eigenvalue weighted by atomic mass is 35.5. The Morgan fingerprint density at radius 2 is 1.67 bits per heavy atom. The van der Waals surface area contributed by atoms with Crippen molar-refractivity contribution in [3.8, 4) is 5.75 Å². The van der Waals surface area contributed by atoms with Gasteiger partial charge in [0.1, 0.15) is 16.3 Å². The average Bonchev–Trinajstić information content (AvgIpc) is 2.75. The summed E-state index contributed by atoms with van der Waals surface area (Å²) in [5, 5.41) is 16.5. The summed E-state index contributed by atoms with van der Waals surface area (Å²) in [5.74, 6) is -0.627. The van der Waals surface area contributed by atoms with Crippen LogP contribution in [0.25, 0.3) is 0 Å². The normalized spacial score (nSPS) is 15.4. The number of nitrogens with one attached hydrogen (secondary N) is 2. The lowest BCUT2D eigenvalue weighted by atomic mass is 9.72. The Kier molecular flexibility index (Phi) is 5.98. The number of aromatic hydroxyl groups is 1. The molecule has 0 saturated heterocycles. The molecule has 1 fully saturated rings. The molecule has 0 unspecified atom stereocenters. The monoisotopic (exact) mass is 489 g/mol. The van der Waals surface area contributed by atoms with Crippen LogP contribution >= 0.6 is 11.6 Å². The van der Waals surface area contributed by atoms with E-state index in [9.17, 15) is 23.1 Å². The van der Waals surface area contributed by atoms with Crippen molar-refractivity contribution in [2.75, 3.05) is 24.7 Å². The number of nitrogens with zero attached hydrogens (tertiary/aromatic N) is 1. The molecule has 0 atom stereocenters. The quantitative estimate of drug-likeness (QED) is 0.328. The number of anilines is 3. The summed E-state index contributed by atoms with van der Waals surface area (Å²) < 4.78 is 26.1. The summed E-state index contributed by atoms with van der Waals surface area (Å²) in [6, 6.07) is 12.5. The second-order valence-electron chi connectivity index (χ2n) is 8.51. The lowest BCUT2D eigenvalue weighted by Crippen LogP contribution is -2.51. The molecular weight excluding hydrogens is 466 g/mol. The van der Waals surface area contributed by atoms with E-state index in [0.29, 0.717) is 6.42 Å². The van der Waals surface area contributed by atoms with Gasteiger partial charge in [-0.2, -0.15) is 0 Å². The Morgan fingerprint density at radius 3 is 2.24 bits per heavy atom. The van der Waals surface area contributed by atoms with Gasteiger partial charge in [0.2, 0.25) is 10.0 Å². The van der Waals surface area contributed by atoms with Crippen LogP contribution in [0.5, 0.6) is 5.75 Å². The van der Waals surface area contributed by atoms with Crippen LogP contribution in [0.3, 0.4) is 0 Å². The maximum absolute atomic E-state index is 12.6. The number of sulfonamides is 1. The van der Waals surface area contributed by atoms with Crippen molar-refractivity contribution in [3.05, 3.63) is 73.5 Å². The van der Waals surface area contributed by atoms with E-state index in [-0.39, 0.29) is 27.6 Å². The molecule has 0 heterocycles. The molecule has 0 aromatic heterocycles. The Balaban J connectivity index is 1.65. The van der Waals surface area contributed by atoms with Gasteiger partial charge in [0.15, 0.2) is 5.75 Å². The first-order chi connectivity index (χ1) is 15.6. The molecular formula is C23H24ClN3O5S. The van der Waals surface area contributed by atoms with Crippen LogP contribution in [0.15, 0.2) is 56.9 Å². The summed E-state index contributed by atoms with van der Waals surface area (Å²) in [4.78, 5) is 24.3. The van der Waals surface area contributed by atoms with Crippen LogP contribution in [0, 0.1) is 0 Å². The van der Waals surface area contributed by atoms with Crippen LogP contribution < -0.4 is 21.5 Å². The van der Waals surface area contributed by atoms with Crippen molar-refractivity contribution in [1.29, 1.82) is 0 Å². The van der Waals surface area contributed by atoms with E-state index in [1.807, 2.05) is 30.3 Å². The van der Waals surface area contributed by atoms with Gasteiger partial charge in [-0.3, -0.25) is 9.59 Å². The number of halogens is 1. The summed E-state index contributed by atoms with van der Waals surface area (Å²) in [6.45, 7) is 0. The number of phenolic OH excluding ortho intramolecular Hbond substituents is 1. The molecule has 0 radical (unpaired) electrons. The first-order valence-corrected chi connectivity index (χ1v) is 12.2. The second kappa shape index (κ2) is 8.48. The van der Waals surface area contributed by atoms with Crippen molar-refractivity contribution in [2.24, 2.45) is 0 Å². The molecule has 4 rings (SSSR count). The predicted molar refractivity (Wildman–Crippen MR) is 129 cm³/mol. The SMILES string of the molecule is CN(C)S(=O)(=O)c1c(Cl)ccc(Nc2c(NC3(Cc4ccccc4)CCC3)c(=O)c2=O)c1O. The van der Waals surface area contributed by atoms with Gasteiger partial charge in [-0.1, -0.05) is 41.9 Å². The summed E-state index contributed by atoms with van der Waals surface area (Å²) in [6.07, 6.45) is 3.39. The van der Waals surface area contributed by atoms with Gasteiger partial charge >= 0.3 is 0 Å². The van der Waals surface area contributed by atoms with Gasteiger partial charge in [0, 0.05) is 19.6 Å². The molecule has 0 bridgehead atoms. The lowest BCUT2D eigenvalue weighted by molar-refractivity contribution is 0.276. The van der Waals surface area contributed by atoms with Gasteiger partial charge in [-0.25, -0.2) is 12.7 Å². The molecule has 0 aliphatic heterocycles. The molecule has 33 heavy (non-hydrogen) atoms. The standard InChI is InChI=1S/C23H24ClN3O5S/c1-27(2)33(31,32)22-15(24)9-10-16(19(22)28)25-17-18(21(30)20(17)29)26-23(11-6-12-23)13-14-7-4-3-5-8-14/h3-5,7-10,25-26,28H,6,11-13H2,1-2H3. The minimum atomic E-state index is -4.05. The zero-order valence-electron chi connectivity index (χ0n) is 18.2. The third kappa shape index (κ3) is 4.12. The lowest BCUT2D eigenvalue weighted by Gasteiger charge is -2.44. The van der Waals surface area contributed by atoms with E-state index < -0.39 is 31.5 Å². The van der Waals surface area contributed by atoms with Crippen LogP contribution in [0.1, 0.15) is 24.8 Å². The van der Waals surface area contributed by atoms with E-state index in [0.717, 1.165) is 29.1 Å². The second-order valence-corrected chi connectivity index (χ2v) is 11.0. The molecule has 10 heteroatoms. The van der Waals surface area contributed by atoms with Gasteiger partial charge in [-0.05, 0) is 43.4 Å². The smallest absolute Gasteiger partial charge is 0.253 e. The molecule has 3 aromatic carbocycles. The highest BCUT2D eigenvalue weighted by Crippen LogP contribution is 2.42. The van der Waals surface area contributed by atoms with E-state index in [1.54, 1.807) is 0 Å². The van der Waals surface area contributed by atoms with Crippen molar-refractivity contribution in [2.45, 2.75) is 36.1 Å². The fourth-order valence-corrected chi connectivity index (χ4v) is 5.52. The van der Waals surface area contributed by atoms with Crippen LogP contribution in [0.4, 0.5) is 17.1 Å². The number of hydrogen-bond acceptors (Lipinski definition) is 7. The average molecular weight is 490 g/mol. The maximum Gasteiger partial charge on any atom is 0.253 e. The van der Waals surface area contributed by atoms with E-state index >= 15 is 0 Å². The van der Waals surface area contributed by atoms with Gasteiger partial charge in [0.25, 0.3) is 10.9 Å². The fraction of sp³-hybridized carbons (Fsp3) is 0.304. The fourth-order valence-electron chi connectivity index (χ4n) is 4.04. The highest BCUT2D eigenvalue weighted by Gasteiger charge is 2.39. The molecule has 0 amide bonds. The van der Waals surface area contributed by atoms with Crippen LogP contribution in [0.2, 0.25) is 5.02 Å². The maximum atomic E-state index is 12.6. The third-order valence-corrected chi connectivity index (χ3v) is 8.40. The Hall–Kier alpha value is -2.88. The molecule has 1 aliphatic carbocycles. The molecule has 3 aromatic rings. The molecule has 0 spiro atoms. The number of rotatable bonds is 8. The van der Waals surface area contributed by atoms with Crippen molar-refractivity contribution >= 4 is 38.7 Å².